The van der Waals surface area contributed by atoms with E-state index in [0.717, 1.165) is 23.9 Å². The van der Waals surface area contributed by atoms with Crippen LogP contribution in [-0.2, 0) is 13.5 Å². The van der Waals surface area contributed by atoms with Crippen molar-refractivity contribution in [1.82, 2.24) is 14.8 Å². The summed E-state index contributed by atoms with van der Waals surface area (Å²) in [6, 6.07) is 6.34. The third kappa shape index (κ3) is 2.92. The molecule has 1 aromatic heterocycles. The molecule has 0 N–H and O–H groups in total. The second-order valence-electron chi connectivity index (χ2n) is 5.11. The van der Waals surface area contributed by atoms with Crippen molar-refractivity contribution in [3.05, 3.63) is 35.9 Å². The second-order valence-corrected chi connectivity index (χ2v) is 5.11. The van der Waals surface area contributed by atoms with E-state index >= 15 is 0 Å². The molecule has 0 aliphatic rings. The van der Waals surface area contributed by atoms with Gasteiger partial charge in [0, 0.05) is 26.2 Å². The maximum absolute atomic E-state index is 12.9. The lowest BCUT2D eigenvalue weighted by molar-refractivity contribution is 0.601. The largest absolute Gasteiger partial charge is 0.314 e. The van der Waals surface area contributed by atoms with Crippen LogP contribution in [0.1, 0.15) is 19.7 Å². The first kappa shape index (κ1) is 13.5. The van der Waals surface area contributed by atoms with Gasteiger partial charge in [-0.2, -0.15) is 0 Å². The topological polar surface area (TPSA) is 34.0 Å². The molecule has 19 heavy (non-hydrogen) atoms. The normalized spacial score (nSPS) is 11.1. The standard InChI is InChI=1S/C14H19FN4/c1-10(2)9-13-16-17-14(19(13)4)18(3)12-7-5-11(15)6-8-12/h5-8,10H,9H2,1-4H3. The van der Waals surface area contributed by atoms with Crippen molar-refractivity contribution in [3.63, 3.8) is 0 Å². The van der Waals surface area contributed by atoms with Gasteiger partial charge in [-0.25, -0.2) is 4.39 Å². The Hall–Kier alpha value is -1.91. The Kier molecular flexibility index (Phi) is 3.83. The minimum atomic E-state index is -0.240. The first-order valence-corrected chi connectivity index (χ1v) is 6.36. The molecule has 0 unspecified atom stereocenters. The number of rotatable bonds is 4. The van der Waals surface area contributed by atoms with Gasteiger partial charge in [0.25, 0.3) is 0 Å². The van der Waals surface area contributed by atoms with Crippen LogP contribution in [0.3, 0.4) is 0 Å². The minimum absolute atomic E-state index is 0.240. The fourth-order valence-corrected chi connectivity index (χ4v) is 1.97. The van der Waals surface area contributed by atoms with Crippen molar-refractivity contribution in [2.24, 2.45) is 13.0 Å². The van der Waals surface area contributed by atoms with Crippen LogP contribution >= 0.6 is 0 Å². The molecule has 0 amide bonds. The first-order chi connectivity index (χ1) is 8.99. The van der Waals surface area contributed by atoms with E-state index in [4.69, 9.17) is 0 Å². The summed E-state index contributed by atoms with van der Waals surface area (Å²) >= 11 is 0. The summed E-state index contributed by atoms with van der Waals surface area (Å²) in [5.74, 6) is 2.00. The van der Waals surface area contributed by atoms with E-state index in [1.807, 2.05) is 23.6 Å². The van der Waals surface area contributed by atoms with Crippen LogP contribution in [-0.4, -0.2) is 21.8 Å². The monoisotopic (exact) mass is 262 g/mol. The Balaban J connectivity index is 2.26. The third-order valence-electron chi connectivity index (χ3n) is 3.05. The van der Waals surface area contributed by atoms with Crippen molar-refractivity contribution in [2.45, 2.75) is 20.3 Å². The van der Waals surface area contributed by atoms with Crippen molar-refractivity contribution in [3.8, 4) is 0 Å². The van der Waals surface area contributed by atoms with Crippen molar-refractivity contribution >= 4 is 11.6 Å². The Bertz CT molecular complexity index is 545. The second kappa shape index (κ2) is 5.38. The van der Waals surface area contributed by atoms with Gasteiger partial charge in [0.1, 0.15) is 11.6 Å². The zero-order valence-electron chi connectivity index (χ0n) is 11.8. The van der Waals surface area contributed by atoms with Gasteiger partial charge in [-0.05, 0) is 30.2 Å². The molecule has 0 spiro atoms. The van der Waals surface area contributed by atoms with E-state index in [1.54, 1.807) is 12.1 Å². The number of hydrogen-bond acceptors (Lipinski definition) is 3. The number of hydrogen-bond donors (Lipinski definition) is 0. The van der Waals surface area contributed by atoms with E-state index in [1.165, 1.54) is 12.1 Å². The highest BCUT2D eigenvalue weighted by Crippen LogP contribution is 2.22. The highest BCUT2D eigenvalue weighted by Gasteiger charge is 2.14. The summed E-state index contributed by atoms with van der Waals surface area (Å²) in [4.78, 5) is 1.90. The van der Waals surface area contributed by atoms with Gasteiger partial charge >= 0.3 is 0 Å². The van der Waals surface area contributed by atoms with Crippen LogP contribution in [0.15, 0.2) is 24.3 Å². The number of halogens is 1. The lowest BCUT2D eigenvalue weighted by Gasteiger charge is -2.18. The fraction of sp³-hybridized carbons (Fsp3) is 0.429. The SMILES string of the molecule is CC(C)Cc1nnc(N(C)c2ccc(F)cc2)n1C. The molecule has 2 rings (SSSR count). The van der Waals surface area contributed by atoms with Crippen LogP contribution in [0.5, 0.6) is 0 Å². The lowest BCUT2D eigenvalue weighted by atomic mass is 10.1. The molecule has 0 fully saturated rings. The molecule has 4 nitrogen and oxygen atoms in total. The zero-order valence-corrected chi connectivity index (χ0v) is 11.8. The van der Waals surface area contributed by atoms with Gasteiger partial charge in [0.05, 0.1) is 0 Å². The number of aromatic nitrogens is 3. The summed E-state index contributed by atoms with van der Waals surface area (Å²) in [6.45, 7) is 4.30. The molecule has 1 aromatic carbocycles. The third-order valence-corrected chi connectivity index (χ3v) is 3.05. The predicted octanol–water partition coefficient (Wildman–Crippen LogP) is 2.92. The van der Waals surface area contributed by atoms with Gasteiger partial charge in [-0.15, -0.1) is 10.2 Å². The van der Waals surface area contributed by atoms with Crippen LogP contribution in [0.2, 0.25) is 0 Å². The highest BCUT2D eigenvalue weighted by atomic mass is 19.1. The summed E-state index contributed by atoms with van der Waals surface area (Å²) in [6.07, 6.45) is 0.890. The summed E-state index contributed by atoms with van der Waals surface area (Å²) in [7, 11) is 3.85. The zero-order chi connectivity index (χ0) is 14.0. The quantitative estimate of drug-likeness (QED) is 0.849. The molecule has 0 aliphatic heterocycles. The van der Waals surface area contributed by atoms with E-state index in [-0.39, 0.29) is 5.82 Å². The molecule has 0 aliphatic carbocycles. The Morgan fingerprint density at radius 2 is 1.84 bits per heavy atom. The van der Waals surface area contributed by atoms with E-state index in [0.29, 0.717) is 5.92 Å². The molecule has 0 saturated heterocycles. The molecule has 2 aromatic rings. The van der Waals surface area contributed by atoms with E-state index in [2.05, 4.69) is 24.0 Å². The van der Waals surface area contributed by atoms with Gasteiger partial charge in [0.15, 0.2) is 0 Å². The Labute approximate surface area is 112 Å². The van der Waals surface area contributed by atoms with Gasteiger partial charge in [0.2, 0.25) is 5.95 Å². The Morgan fingerprint density at radius 3 is 2.42 bits per heavy atom. The Morgan fingerprint density at radius 1 is 1.21 bits per heavy atom. The lowest BCUT2D eigenvalue weighted by Crippen LogP contribution is -2.15. The average molecular weight is 262 g/mol. The maximum atomic E-state index is 12.9. The summed E-state index contributed by atoms with van der Waals surface area (Å²) in [5, 5.41) is 8.43. The number of nitrogens with zero attached hydrogens (tertiary/aromatic N) is 4. The smallest absolute Gasteiger partial charge is 0.231 e. The van der Waals surface area contributed by atoms with Crippen LogP contribution in [0.4, 0.5) is 16.0 Å². The average Bonchev–Trinajstić information content (AvgIpc) is 2.70. The summed E-state index contributed by atoms with van der Waals surface area (Å²) < 4.78 is 14.9. The molecular weight excluding hydrogens is 243 g/mol. The molecular formula is C14H19FN4. The van der Waals surface area contributed by atoms with Crippen molar-refractivity contribution in [1.29, 1.82) is 0 Å². The molecule has 0 bridgehead atoms. The molecule has 1 heterocycles. The van der Waals surface area contributed by atoms with E-state index in [9.17, 15) is 4.39 Å². The van der Waals surface area contributed by atoms with Gasteiger partial charge in [-0.3, -0.25) is 0 Å². The number of benzene rings is 1. The molecule has 0 saturated carbocycles. The van der Waals surface area contributed by atoms with Crippen LogP contribution in [0, 0.1) is 11.7 Å². The first-order valence-electron chi connectivity index (χ1n) is 6.36. The van der Waals surface area contributed by atoms with Gasteiger partial charge < -0.3 is 9.47 Å². The fourth-order valence-electron chi connectivity index (χ4n) is 1.97. The maximum Gasteiger partial charge on any atom is 0.231 e. The summed E-state index contributed by atoms with van der Waals surface area (Å²) in [5.41, 5.74) is 0.882. The van der Waals surface area contributed by atoms with E-state index < -0.39 is 0 Å². The van der Waals surface area contributed by atoms with Crippen LogP contribution in [0.25, 0.3) is 0 Å². The molecule has 5 heteroatoms. The van der Waals surface area contributed by atoms with Gasteiger partial charge in [-0.1, -0.05) is 13.8 Å². The predicted molar refractivity (Wildman–Crippen MR) is 74.0 cm³/mol. The van der Waals surface area contributed by atoms with Crippen molar-refractivity contribution < 1.29 is 4.39 Å². The van der Waals surface area contributed by atoms with Crippen LogP contribution < -0.4 is 4.90 Å². The molecule has 0 atom stereocenters. The molecule has 0 radical (unpaired) electrons. The number of anilines is 2. The highest BCUT2D eigenvalue weighted by molar-refractivity contribution is 5.56. The molecule has 102 valence electrons. The minimum Gasteiger partial charge on any atom is -0.314 e. The van der Waals surface area contributed by atoms with Crippen molar-refractivity contribution in [2.75, 3.05) is 11.9 Å².